The van der Waals surface area contributed by atoms with Crippen molar-refractivity contribution in [1.82, 2.24) is 8.87 Å². The number of fused-ring (bicyclic) bond motifs is 1. The molecule has 0 aliphatic carbocycles. The summed E-state index contributed by atoms with van der Waals surface area (Å²) in [5.41, 5.74) is 0.364. The second kappa shape index (κ2) is 8.49. The number of sulfonamides is 1. The van der Waals surface area contributed by atoms with Crippen LogP contribution in [0.2, 0.25) is 0 Å². The highest BCUT2D eigenvalue weighted by atomic mass is 32.2. The predicted octanol–water partition coefficient (Wildman–Crippen LogP) is 3.93. The zero-order valence-electron chi connectivity index (χ0n) is 17.9. The SMILES string of the molecule is CC1CC(C)CN(S(=O)(=O)c2ccc(C(=O)N=c3sc4cc(F)cc(F)c4n3C)cc2)C1. The first-order chi connectivity index (χ1) is 15.1. The molecule has 1 saturated heterocycles. The van der Waals surface area contributed by atoms with Gasteiger partial charge in [-0.25, -0.2) is 17.2 Å². The number of hydrogen-bond acceptors (Lipinski definition) is 4. The van der Waals surface area contributed by atoms with Crippen molar-refractivity contribution in [1.29, 1.82) is 0 Å². The van der Waals surface area contributed by atoms with E-state index in [0.29, 0.717) is 17.8 Å². The molecule has 10 heteroatoms. The number of piperidine rings is 1. The number of nitrogens with zero attached hydrogens (tertiary/aromatic N) is 3. The summed E-state index contributed by atoms with van der Waals surface area (Å²) in [6.07, 6.45) is 0.993. The second-order valence-corrected chi connectivity index (χ2v) is 11.3. The van der Waals surface area contributed by atoms with Gasteiger partial charge in [-0.2, -0.15) is 9.30 Å². The molecule has 4 rings (SSSR count). The molecule has 1 amide bonds. The van der Waals surface area contributed by atoms with Gasteiger partial charge in [0.2, 0.25) is 10.0 Å². The van der Waals surface area contributed by atoms with E-state index >= 15 is 0 Å². The number of amides is 1. The van der Waals surface area contributed by atoms with Gasteiger partial charge in [-0.3, -0.25) is 4.79 Å². The quantitative estimate of drug-likeness (QED) is 0.572. The van der Waals surface area contributed by atoms with Crippen molar-refractivity contribution in [2.24, 2.45) is 23.9 Å². The lowest BCUT2D eigenvalue weighted by atomic mass is 9.94. The number of thiazole rings is 1. The molecule has 1 aliphatic heterocycles. The zero-order valence-corrected chi connectivity index (χ0v) is 19.5. The molecular formula is C22H23F2N3O3S2. The van der Waals surface area contributed by atoms with Gasteiger partial charge in [0.1, 0.15) is 5.82 Å². The molecule has 1 fully saturated rings. The fourth-order valence-electron chi connectivity index (χ4n) is 4.18. The van der Waals surface area contributed by atoms with Gasteiger partial charge in [-0.15, -0.1) is 0 Å². The van der Waals surface area contributed by atoms with E-state index in [9.17, 15) is 22.0 Å². The lowest BCUT2D eigenvalue weighted by Crippen LogP contribution is -2.42. The van der Waals surface area contributed by atoms with Crippen LogP contribution in [-0.4, -0.2) is 36.3 Å². The highest BCUT2D eigenvalue weighted by Gasteiger charge is 2.31. The second-order valence-electron chi connectivity index (χ2n) is 8.39. The average Bonchev–Trinajstić information content (AvgIpc) is 3.02. The van der Waals surface area contributed by atoms with Gasteiger partial charge in [-0.05, 0) is 48.6 Å². The maximum atomic E-state index is 14.1. The van der Waals surface area contributed by atoms with E-state index in [2.05, 4.69) is 4.99 Å². The third-order valence-electron chi connectivity index (χ3n) is 5.59. The van der Waals surface area contributed by atoms with E-state index in [1.165, 1.54) is 39.2 Å². The molecule has 170 valence electrons. The monoisotopic (exact) mass is 479 g/mol. The van der Waals surface area contributed by atoms with Crippen molar-refractivity contribution in [3.05, 3.63) is 58.4 Å². The minimum Gasteiger partial charge on any atom is -0.317 e. The summed E-state index contributed by atoms with van der Waals surface area (Å²) in [6.45, 7) is 5.02. The number of halogens is 2. The lowest BCUT2D eigenvalue weighted by Gasteiger charge is -2.34. The summed E-state index contributed by atoms with van der Waals surface area (Å²) in [5, 5.41) is 0. The van der Waals surface area contributed by atoms with E-state index in [4.69, 9.17) is 0 Å². The van der Waals surface area contributed by atoms with Gasteiger partial charge in [0.05, 0.1) is 15.1 Å². The van der Waals surface area contributed by atoms with Crippen molar-refractivity contribution in [3.8, 4) is 0 Å². The van der Waals surface area contributed by atoms with Crippen LogP contribution in [0.15, 0.2) is 46.3 Å². The molecule has 0 spiro atoms. The highest BCUT2D eigenvalue weighted by molar-refractivity contribution is 7.89. The Morgan fingerprint density at radius 1 is 1.09 bits per heavy atom. The Kier molecular flexibility index (Phi) is 6.04. The van der Waals surface area contributed by atoms with E-state index in [0.717, 1.165) is 23.8 Å². The molecule has 3 aromatic rings. The first-order valence-electron chi connectivity index (χ1n) is 10.2. The molecule has 2 atom stereocenters. The molecule has 0 radical (unpaired) electrons. The summed E-state index contributed by atoms with van der Waals surface area (Å²) in [5.74, 6) is -1.47. The van der Waals surface area contributed by atoms with Crippen molar-refractivity contribution in [2.75, 3.05) is 13.1 Å². The van der Waals surface area contributed by atoms with Gasteiger partial charge in [0.15, 0.2) is 10.6 Å². The Bertz CT molecular complexity index is 1350. The summed E-state index contributed by atoms with van der Waals surface area (Å²) >= 11 is 0.995. The van der Waals surface area contributed by atoms with Crippen LogP contribution < -0.4 is 4.80 Å². The molecule has 1 aromatic heterocycles. The molecule has 1 aliphatic rings. The van der Waals surface area contributed by atoms with Crippen molar-refractivity contribution >= 4 is 37.5 Å². The number of aryl methyl sites for hydroxylation is 1. The number of carbonyl (C=O) groups is 1. The van der Waals surface area contributed by atoms with Crippen LogP contribution in [0.1, 0.15) is 30.6 Å². The van der Waals surface area contributed by atoms with Crippen LogP contribution in [0.3, 0.4) is 0 Å². The molecule has 0 bridgehead atoms. The Balaban J connectivity index is 1.62. The summed E-state index contributed by atoms with van der Waals surface area (Å²) in [7, 11) is -2.11. The largest absolute Gasteiger partial charge is 0.317 e. The maximum Gasteiger partial charge on any atom is 0.279 e. The Labute approximate surface area is 188 Å². The van der Waals surface area contributed by atoms with E-state index in [1.54, 1.807) is 7.05 Å². The van der Waals surface area contributed by atoms with E-state index in [1.807, 2.05) is 13.8 Å². The van der Waals surface area contributed by atoms with Crippen molar-refractivity contribution in [3.63, 3.8) is 0 Å². The van der Waals surface area contributed by atoms with Crippen LogP contribution in [0, 0.1) is 23.5 Å². The fourth-order valence-corrected chi connectivity index (χ4v) is 6.91. The van der Waals surface area contributed by atoms with Crippen LogP contribution in [0.25, 0.3) is 10.2 Å². The molecule has 0 saturated carbocycles. The first-order valence-corrected chi connectivity index (χ1v) is 12.5. The first kappa shape index (κ1) is 22.8. The van der Waals surface area contributed by atoms with Crippen LogP contribution >= 0.6 is 11.3 Å². The van der Waals surface area contributed by atoms with Crippen LogP contribution in [-0.2, 0) is 17.1 Å². The van der Waals surface area contributed by atoms with Gasteiger partial charge in [-0.1, -0.05) is 25.2 Å². The van der Waals surface area contributed by atoms with Crippen LogP contribution in [0.4, 0.5) is 8.78 Å². The molecule has 2 aromatic carbocycles. The minimum absolute atomic E-state index is 0.125. The average molecular weight is 480 g/mol. The van der Waals surface area contributed by atoms with E-state index in [-0.39, 0.29) is 32.6 Å². The lowest BCUT2D eigenvalue weighted by molar-refractivity contribution is 0.0998. The number of hydrogen-bond donors (Lipinski definition) is 0. The van der Waals surface area contributed by atoms with Gasteiger partial charge >= 0.3 is 0 Å². The number of aromatic nitrogens is 1. The predicted molar refractivity (Wildman–Crippen MR) is 119 cm³/mol. The number of benzene rings is 2. The van der Waals surface area contributed by atoms with Gasteiger partial charge in [0.25, 0.3) is 5.91 Å². The molecule has 2 unspecified atom stereocenters. The summed E-state index contributed by atoms with van der Waals surface area (Å²) < 4.78 is 56.8. The third-order valence-corrected chi connectivity index (χ3v) is 8.51. The normalized spacial score (nSPS) is 20.7. The Hall–Kier alpha value is -2.43. The highest BCUT2D eigenvalue weighted by Crippen LogP contribution is 2.27. The minimum atomic E-state index is -3.65. The number of rotatable bonds is 3. The molecule has 6 nitrogen and oxygen atoms in total. The topological polar surface area (TPSA) is 71.7 Å². The Morgan fingerprint density at radius 2 is 1.72 bits per heavy atom. The zero-order chi connectivity index (χ0) is 23.2. The molecule has 0 N–H and O–H groups in total. The van der Waals surface area contributed by atoms with Crippen molar-refractivity contribution < 1.29 is 22.0 Å². The molecule has 32 heavy (non-hydrogen) atoms. The summed E-state index contributed by atoms with van der Waals surface area (Å²) in [4.78, 5) is 17.0. The van der Waals surface area contributed by atoms with Crippen LogP contribution in [0.5, 0.6) is 0 Å². The Morgan fingerprint density at radius 3 is 2.34 bits per heavy atom. The third kappa shape index (κ3) is 4.26. The fraction of sp³-hybridized carbons (Fsp3) is 0.364. The summed E-state index contributed by atoms with van der Waals surface area (Å²) in [6, 6.07) is 7.62. The van der Waals surface area contributed by atoms with Crippen molar-refractivity contribution in [2.45, 2.75) is 25.2 Å². The number of carbonyl (C=O) groups excluding carboxylic acids is 1. The molecule has 2 heterocycles. The van der Waals surface area contributed by atoms with Gasteiger partial charge < -0.3 is 4.57 Å². The van der Waals surface area contributed by atoms with E-state index < -0.39 is 27.6 Å². The molecular weight excluding hydrogens is 456 g/mol. The van der Waals surface area contributed by atoms with Gasteiger partial charge in [0, 0.05) is 31.8 Å². The smallest absolute Gasteiger partial charge is 0.279 e. The standard InChI is InChI=1S/C22H23F2N3O3S2/c1-13-8-14(2)12-27(11-13)32(29,30)17-6-4-15(5-7-17)21(28)25-22-26(3)20-18(24)9-16(23)10-19(20)31-22/h4-7,9-10,13-14H,8,11-12H2,1-3H3. The maximum absolute atomic E-state index is 14.1.